The Morgan fingerprint density at radius 1 is 1.38 bits per heavy atom. The number of aromatic nitrogens is 2. The Kier molecular flexibility index (Phi) is 3.41. The van der Waals surface area contributed by atoms with Crippen LogP contribution in [0.2, 0.25) is 0 Å². The number of thioether (sulfide) groups is 1. The van der Waals surface area contributed by atoms with Crippen LogP contribution in [0.15, 0.2) is 41.7 Å². The van der Waals surface area contributed by atoms with Crippen molar-refractivity contribution in [2.45, 2.75) is 10.9 Å². The fourth-order valence-corrected chi connectivity index (χ4v) is 2.29. The lowest BCUT2D eigenvalue weighted by Gasteiger charge is -2.02. The number of carbonyl (C=O) groups excluding carboxylic acids is 1. The molecular formula is C12H12N2OS. The first kappa shape index (κ1) is 11.0. The largest absolute Gasteiger partial charge is 0.320 e. The van der Waals surface area contributed by atoms with Gasteiger partial charge in [-0.05, 0) is 5.56 Å². The summed E-state index contributed by atoms with van der Waals surface area (Å²) in [6, 6.07) is 10.2. The van der Waals surface area contributed by atoms with Gasteiger partial charge in [-0.2, -0.15) is 0 Å². The molecule has 0 saturated carbocycles. The van der Waals surface area contributed by atoms with Crippen LogP contribution in [0.4, 0.5) is 0 Å². The highest BCUT2D eigenvalue weighted by molar-refractivity contribution is 7.98. The Morgan fingerprint density at radius 3 is 2.75 bits per heavy atom. The molecule has 0 N–H and O–H groups in total. The molecular weight excluding hydrogens is 220 g/mol. The van der Waals surface area contributed by atoms with E-state index in [1.165, 1.54) is 5.56 Å². The van der Waals surface area contributed by atoms with Crippen LogP contribution in [0.5, 0.6) is 0 Å². The number of benzene rings is 1. The molecule has 0 aliphatic carbocycles. The van der Waals surface area contributed by atoms with Crippen LogP contribution >= 0.6 is 11.8 Å². The Labute approximate surface area is 98.5 Å². The standard InChI is InChI=1S/C12H12N2OS/c1-14-11(8-15)7-13-12(14)16-9-10-5-3-2-4-6-10/h2-8H,9H2,1H3. The van der Waals surface area contributed by atoms with Crippen molar-refractivity contribution in [1.29, 1.82) is 0 Å². The molecule has 16 heavy (non-hydrogen) atoms. The van der Waals surface area contributed by atoms with E-state index in [0.29, 0.717) is 5.69 Å². The van der Waals surface area contributed by atoms with Crippen molar-refractivity contribution in [3.63, 3.8) is 0 Å². The fraction of sp³-hybridized carbons (Fsp3) is 0.167. The Morgan fingerprint density at radius 2 is 2.12 bits per heavy atom. The quantitative estimate of drug-likeness (QED) is 0.600. The lowest BCUT2D eigenvalue weighted by Crippen LogP contribution is -1.96. The predicted molar refractivity (Wildman–Crippen MR) is 64.6 cm³/mol. The molecule has 1 aromatic carbocycles. The summed E-state index contributed by atoms with van der Waals surface area (Å²) in [5, 5.41) is 0.867. The van der Waals surface area contributed by atoms with Crippen molar-refractivity contribution in [2.24, 2.45) is 7.05 Å². The summed E-state index contributed by atoms with van der Waals surface area (Å²) in [7, 11) is 1.85. The van der Waals surface area contributed by atoms with E-state index >= 15 is 0 Å². The molecule has 0 bridgehead atoms. The monoisotopic (exact) mass is 232 g/mol. The zero-order valence-electron chi connectivity index (χ0n) is 8.96. The molecule has 82 valence electrons. The zero-order valence-corrected chi connectivity index (χ0v) is 9.78. The number of nitrogens with zero attached hydrogens (tertiary/aromatic N) is 2. The van der Waals surface area contributed by atoms with Crippen molar-refractivity contribution in [1.82, 2.24) is 9.55 Å². The van der Waals surface area contributed by atoms with E-state index in [4.69, 9.17) is 0 Å². The molecule has 0 atom stereocenters. The first-order valence-corrected chi connectivity index (χ1v) is 5.93. The van der Waals surface area contributed by atoms with Crippen molar-refractivity contribution >= 4 is 18.0 Å². The Balaban J connectivity index is 2.05. The first-order chi connectivity index (χ1) is 7.81. The summed E-state index contributed by atoms with van der Waals surface area (Å²) < 4.78 is 1.81. The summed E-state index contributed by atoms with van der Waals surface area (Å²) in [6.07, 6.45) is 2.42. The van der Waals surface area contributed by atoms with Gasteiger partial charge in [0.15, 0.2) is 11.4 Å². The summed E-state index contributed by atoms with van der Waals surface area (Å²) >= 11 is 1.63. The topological polar surface area (TPSA) is 34.9 Å². The second kappa shape index (κ2) is 4.99. The lowest BCUT2D eigenvalue weighted by atomic mass is 10.2. The van der Waals surface area contributed by atoms with Crippen molar-refractivity contribution in [3.05, 3.63) is 47.8 Å². The molecule has 0 unspecified atom stereocenters. The van der Waals surface area contributed by atoms with Gasteiger partial charge in [-0.25, -0.2) is 4.98 Å². The van der Waals surface area contributed by atoms with Crippen LogP contribution in [0, 0.1) is 0 Å². The third-order valence-corrected chi connectivity index (χ3v) is 3.43. The molecule has 0 spiro atoms. The fourth-order valence-electron chi connectivity index (χ4n) is 1.37. The van der Waals surface area contributed by atoms with E-state index in [0.717, 1.165) is 17.2 Å². The predicted octanol–water partition coefficient (Wildman–Crippen LogP) is 2.52. The number of hydrogen-bond acceptors (Lipinski definition) is 3. The van der Waals surface area contributed by atoms with Gasteiger partial charge in [0, 0.05) is 12.8 Å². The third kappa shape index (κ3) is 2.33. The number of carbonyl (C=O) groups is 1. The average Bonchev–Trinajstić information content (AvgIpc) is 2.69. The van der Waals surface area contributed by atoms with Crippen LogP contribution in [-0.2, 0) is 12.8 Å². The third-order valence-electron chi connectivity index (χ3n) is 2.31. The van der Waals surface area contributed by atoms with E-state index in [9.17, 15) is 4.79 Å². The minimum atomic E-state index is 0.607. The van der Waals surface area contributed by atoms with Crippen LogP contribution in [0.3, 0.4) is 0 Å². The molecule has 0 amide bonds. The van der Waals surface area contributed by atoms with Gasteiger partial charge in [0.1, 0.15) is 5.69 Å². The highest BCUT2D eigenvalue weighted by atomic mass is 32.2. The van der Waals surface area contributed by atoms with Crippen LogP contribution < -0.4 is 0 Å². The highest BCUT2D eigenvalue weighted by Crippen LogP contribution is 2.21. The van der Waals surface area contributed by atoms with Gasteiger partial charge in [-0.1, -0.05) is 42.1 Å². The minimum Gasteiger partial charge on any atom is -0.320 e. The summed E-state index contributed by atoms with van der Waals surface area (Å²) in [5.74, 6) is 0.865. The average molecular weight is 232 g/mol. The van der Waals surface area contributed by atoms with Crippen molar-refractivity contribution in [3.8, 4) is 0 Å². The number of hydrogen-bond donors (Lipinski definition) is 0. The normalized spacial score (nSPS) is 10.3. The molecule has 1 aromatic heterocycles. The molecule has 1 heterocycles. The van der Waals surface area contributed by atoms with Crippen LogP contribution in [0.1, 0.15) is 16.1 Å². The number of imidazole rings is 1. The second-order valence-corrected chi connectivity index (χ2v) is 4.36. The van der Waals surface area contributed by atoms with Gasteiger partial charge < -0.3 is 4.57 Å². The van der Waals surface area contributed by atoms with E-state index in [2.05, 4.69) is 17.1 Å². The van der Waals surface area contributed by atoms with Gasteiger partial charge in [-0.15, -0.1) is 0 Å². The summed E-state index contributed by atoms with van der Waals surface area (Å²) in [5.41, 5.74) is 1.86. The summed E-state index contributed by atoms with van der Waals surface area (Å²) in [4.78, 5) is 14.8. The minimum absolute atomic E-state index is 0.607. The first-order valence-electron chi connectivity index (χ1n) is 4.95. The maximum atomic E-state index is 10.6. The maximum absolute atomic E-state index is 10.6. The molecule has 2 rings (SSSR count). The summed E-state index contributed by atoms with van der Waals surface area (Å²) in [6.45, 7) is 0. The van der Waals surface area contributed by atoms with Gasteiger partial charge in [0.25, 0.3) is 0 Å². The smallest absolute Gasteiger partial charge is 0.168 e. The van der Waals surface area contributed by atoms with Crippen LogP contribution in [-0.4, -0.2) is 15.8 Å². The second-order valence-electron chi connectivity index (χ2n) is 3.42. The molecule has 0 radical (unpaired) electrons. The SMILES string of the molecule is Cn1c(C=O)cnc1SCc1ccccc1. The highest BCUT2D eigenvalue weighted by Gasteiger charge is 2.05. The molecule has 0 aliphatic heterocycles. The molecule has 0 saturated heterocycles. The lowest BCUT2D eigenvalue weighted by molar-refractivity contribution is 0.111. The van der Waals surface area contributed by atoms with E-state index in [1.54, 1.807) is 22.5 Å². The number of aldehydes is 1. The molecule has 0 fully saturated rings. The molecule has 2 aromatic rings. The van der Waals surface area contributed by atoms with E-state index < -0.39 is 0 Å². The molecule has 3 nitrogen and oxygen atoms in total. The zero-order chi connectivity index (χ0) is 11.4. The Bertz CT molecular complexity index is 479. The van der Waals surface area contributed by atoms with E-state index in [1.807, 2.05) is 25.2 Å². The van der Waals surface area contributed by atoms with E-state index in [-0.39, 0.29) is 0 Å². The van der Waals surface area contributed by atoms with Crippen molar-refractivity contribution < 1.29 is 4.79 Å². The van der Waals surface area contributed by atoms with Gasteiger partial charge >= 0.3 is 0 Å². The number of rotatable bonds is 4. The van der Waals surface area contributed by atoms with Gasteiger partial charge in [0.05, 0.1) is 6.20 Å². The molecule has 4 heteroatoms. The maximum Gasteiger partial charge on any atom is 0.168 e. The van der Waals surface area contributed by atoms with Crippen molar-refractivity contribution in [2.75, 3.05) is 0 Å². The Hall–Kier alpha value is -1.55. The van der Waals surface area contributed by atoms with Gasteiger partial charge in [-0.3, -0.25) is 4.79 Å². The van der Waals surface area contributed by atoms with Gasteiger partial charge in [0.2, 0.25) is 0 Å². The molecule has 0 aliphatic rings. The van der Waals surface area contributed by atoms with Crippen LogP contribution in [0.25, 0.3) is 0 Å².